The van der Waals surface area contributed by atoms with Crippen LogP contribution < -0.4 is 5.32 Å². The van der Waals surface area contributed by atoms with Crippen LogP contribution in [0.5, 0.6) is 0 Å². The molecule has 1 aromatic heterocycles. The molecule has 7 heteroatoms. The van der Waals surface area contributed by atoms with Crippen LogP contribution in [0.3, 0.4) is 0 Å². The maximum Gasteiger partial charge on any atom is 0.243 e. The van der Waals surface area contributed by atoms with Crippen molar-refractivity contribution in [1.29, 1.82) is 0 Å². The van der Waals surface area contributed by atoms with E-state index in [0.717, 1.165) is 56.0 Å². The van der Waals surface area contributed by atoms with E-state index in [2.05, 4.69) is 12.2 Å². The van der Waals surface area contributed by atoms with Gasteiger partial charge in [-0.25, -0.2) is 8.42 Å². The topological polar surface area (TPSA) is 71.4 Å². The standard InChI is InChI=1S/C21H31N3O3S/c1-2-3-12-22-21(25)11-16-23-15-10-18-17-19(8-9-20(18)23)28(26,27)24-13-6-4-5-7-14-24/h8-10,15,17H,2-7,11-14,16H2,1H3,(H,22,25). The Balaban J connectivity index is 1.70. The van der Waals surface area contributed by atoms with Crippen molar-refractivity contribution in [2.45, 2.75) is 63.3 Å². The van der Waals surface area contributed by atoms with Crippen LogP contribution in [-0.2, 0) is 21.4 Å². The highest BCUT2D eigenvalue weighted by atomic mass is 32.2. The minimum atomic E-state index is -3.45. The highest BCUT2D eigenvalue weighted by Crippen LogP contribution is 2.25. The number of sulfonamides is 1. The SMILES string of the molecule is CCCCNC(=O)CCn1ccc2cc(S(=O)(=O)N3CCCCCC3)ccc21. The highest BCUT2D eigenvalue weighted by Gasteiger charge is 2.25. The Bertz CT molecular complexity index is 897. The van der Waals surface area contributed by atoms with Crippen molar-refractivity contribution < 1.29 is 13.2 Å². The Kier molecular flexibility index (Phi) is 7.13. The van der Waals surface area contributed by atoms with E-state index in [-0.39, 0.29) is 5.91 Å². The van der Waals surface area contributed by atoms with E-state index in [1.54, 1.807) is 16.4 Å². The summed E-state index contributed by atoms with van der Waals surface area (Å²) >= 11 is 0. The molecule has 1 amide bonds. The summed E-state index contributed by atoms with van der Waals surface area (Å²) in [7, 11) is -3.45. The molecule has 1 N–H and O–H groups in total. The predicted molar refractivity (Wildman–Crippen MR) is 112 cm³/mol. The molecule has 0 saturated carbocycles. The Morgan fingerprint density at radius 1 is 1.11 bits per heavy atom. The van der Waals surface area contributed by atoms with Crippen LogP contribution >= 0.6 is 0 Å². The van der Waals surface area contributed by atoms with Gasteiger partial charge in [0.25, 0.3) is 0 Å². The predicted octanol–water partition coefficient (Wildman–Crippen LogP) is 3.51. The smallest absolute Gasteiger partial charge is 0.243 e. The highest BCUT2D eigenvalue weighted by molar-refractivity contribution is 7.89. The molecule has 0 spiro atoms. The van der Waals surface area contributed by atoms with Crippen LogP contribution in [0.15, 0.2) is 35.4 Å². The molecule has 1 saturated heterocycles. The van der Waals surface area contributed by atoms with Gasteiger partial charge in [-0.3, -0.25) is 4.79 Å². The summed E-state index contributed by atoms with van der Waals surface area (Å²) < 4.78 is 29.6. The lowest BCUT2D eigenvalue weighted by atomic mass is 10.2. The number of aromatic nitrogens is 1. The molecule has 2 aromatic rings. The van der Waals surface area contributed by atoms with Crippen LogP contribution in [0.2, 0.25) is 0 Å². The van der Waals surface area contributed by atoms with Crippen molar-refractivity contribution in [3.8, 4) is 0 Å². The maximum atomic E-state index is 13.0. The van der Waals surface area contributed by atoms with Gasteiger partial charge in [0, 0.05) is 49.7 Å². The second-order valence-electron chi connectivity index (χ2n) is 7.50. The molecular weight excluding hydrogens is 374 g/mol. The van der Waals surface area contributed by atoms with Crippen molar-refractivity contribution >= 4 is 26.8 Å². The van der Waals surface area contributed by atoms with E-state index in [1.807, 2.05) is 22.9 Å². The summed E-state index contributed by atoms with van der Waals surface area (Å²) in [5, 5.41) is 3.82. The van der Waals surface area contributed by atoms with Crippen molar-refractivity contribution in [3.05, 3.63) is 30.5 Å². The summed E-state index contributed by atoms with van der Waals surface area (Å²) in [5.74, 6) is 0.0515. The lowest BCUT2D eigenvalue weighted by Gasteiger charge is -2.20. The Morgan fingerprint density at radius 2 is 1.86 bits per heavy atom. The zero-order valence-corrected chi connectivity index (χ0v) is 17.5. The van der Waals surface area contributed by atoms with Crippen LogP contribution in [0.25, 0.3) is 10.9 Å². The van der Waals surface area contributed by atoms with Gasteiger partial charge in [-0.2, -0.15) is 4.31 Å². The third kappa shape index (κ3) is 4.94. The summed E-state index contributed by atoms with van der Waals surface area (Å²) in [6.45, 7) is 4.61. The first-order valence-electron chi connectivity index (χ1n) is 10.4. The number of nitrogens with one attached hydrogen (secondary N) is 1. The Labute approximate surface area is 168 Å². The second-order valence-corrected chi connectivity index (χ2v) is 9.44. The van der Waals surface area contributed by atoms with E-state index >= 15 is 0 Å². The number of hydrogen-bond donors (Lipinski definition) is 1. The van der Waals surface area contributed by atoms with E-state index < -0.39 is 10.0 Å². The van der Waals surface area contributed by atoms with Gasteiger partial charge in [0.15, 0.2) is 0 Å². The van der Waals surface area contributed by atoms with Gasteiger partial charge in [-0.05, 0) is 43.5 Å². The lowest BCUT2D eigenvalue weighted by molar-refractivity contribution is -0.121. The van der Waals surface area contributed by atoms with E-state index in [0.29, 0.717) is 31.0 Å². The molecule has 0 atom stereocenters. The monoisotopic (exact) mass is 405 g/mol. The number of fused-ring (bicyclic) bond motifs is 1. The molecule has 154 valence electrons. The third-order valence-electron chi connectivity index (χ3n) is 5.38. The molecule has 28 heavy (non-hydrogen) atoms. The lowest BCUT2D eigenvalue weighted by Crippen LogP contribution is -2.31. The molecule has 0 bridgehead atoms. The minimum absolute atomic E-state index is 0.0515. The molecule has 1 fully saturated rings. The number of amides is 1. The van der Waals surface area contributed by atoms with Crippen LogP contribution in [0, 0.1) is 0 Å². The summed E-state index contributed by atoms with van der Waals surface area (Å²) in [5.41, 5.74) is 0.955. The molecular formula is C21H31N3O3S. The third-order valence-corrected chi connectivity index (χ3v) is 7.27. The van der Waals surface area contributed by atoms with Crippen LogP contribution in [0.4, 0.5) is 0 Å². The second kappa shape index (κ2) is 9.56. The average Bonchev–Trinajstić information content (AvgIpc) is 2.89. The quantitative estimate of drug-likeness (QED) is 0.683. The van der Waals surface area contributed by atoms with E-state index in [1.165, 1.54) is 0 Å². The molecule has 0 aliphatic carbocycles. The van der Waals surface area contributed by atoms with Gasteiger partial charge in [0.1, 0.15) is 0 Å². The van der Waals surface area contributed by atoms with E-state index in [4.69, 9.17) is 0 Å². The van der Waals surface area contributed by atoms with Crippen molar-refractivity contribution in [1.82, 2.24) is 14.2 Å². The van der Waals surface area contributed by atoms with Crippen molar-refractivity contribution in [2.75, 3.05) is 19.6 Å². The molecule has 1 aliphatic rings. The zero-order chi connectivity index (χ0) is 20.0. The fourth-order valence-corrected chi connectivity index (χ4v) is 5.23. The van der Waals surface area contributed by atoms with Crippen molar-refractivity contribution in [2.24, 2.45) is 0 Å². The molecule has 3 rings (SSSR count). The minimum Gasteiger partial charge on any atom is -0.356 e. The zero-order valence-electron chi connectivity index (χ0n) is 16.7. The fraction of sp³-hybridized carbons (Fsp3) is 0.571. The first kappa shape index (κ1) is 20.9. The van der Waals surface area contributed by atoms with Gasteiger partial charge in [0.05, 0.1) is 4.90 Å². The number of unbranched alkanes of at least 4 members (excludes halogenated alkanes) is 1. The number of hydrogen-bond acceptors (Lipinski definition) is 3. The molecule has 1 aliphatic heterocycles. The number of carbonyl (C=O) groups is 1. The first-order chi connectivity index (χ1) is 13.5. The fourth-order valence-electron chi connectivity index (χ4n) is 3.68. The first-order valence-corrected chi connectivity index (χ1v) is 11.8. The Morgan fingerprint density at radius 3 is 2.57 bits per heavy atom. The van der Waals surface area contributed by atoms with Crippen molar-refractivity contribution in [3.63, 3.8) is 0 Å². The van der Waals surface area contributed by atoms with Gasteiger partial charge in [-0.15, -0.1) is 0 Å². The number of nitrogens with zero attached hydrogens (tertiary/aromatic N) is 2. The number of rotatable bonds is 8. The summed E-state index contributed by atoms with van der Waals surface area (Å²) in [6.07, 6.45) is 8.45. The van der Waals surface area contributed by atoms with Gasteiger partial charge >= 0.3 is 0 Å². The largest absolute Gasteiger partial charge is 0.356 e. The number of benzene rings is 1. The van der Waals surface area contributed by atoms with Gasteiger partial charge in [-0.1, -0.05) is 26.2 Å². The average molecular weight is 406 g/mol. The maximum absolute atomic E-state index is 13.0. The molecule has 6 nitrogen and oxygen atoms in total. The van der Waals surface area contributed by atoms with Gasteiger partial charge < -0.3 is 9.88 Å². The Hall–Kier alpha value is -1.86. The van der Waals surface area contributed by atoms with Gasteiger partial charge in [0.2, 0.25) is 15.9 Å². The number of aryl methyl sites for hydroxylation is 1. The van der Waals surface area contributed by atoms with Crippen LogP contribution in [0.1, 0.15) is 51.9 Å². The molecule has 2 heterocycles. The van der Waals surface area contributed by atoms with E-state index in [9.17, 15) is 13.2 Å². The molecule has 0 unspecified atom stereocenters. The normalized spacial score (nSPS) is 16.2. The number of carbonyl (C=O) groups excluding carboxylic acids is 1. The van der Waals surface area contributed by atoms with Crippen LogP contribution in [-0.4, -0.2) is 42.8 Å². The molecule has 0 radical (unpaired) electrons. The summed E-state index contributed by atoms with van der Waals surface area (Å²) in [4.78, 5) is 12.3. The molecule has 1 aromatic carbocycles. The summed E-state index contributed by atoms with van der Waals surface area (Å²) in [6, 6.07) is 7.23.